The van der Waals surface area contributed by atoms with Crippen molar-refractivity contribution in [1.29, 1.82) is 0 Å². The molecule has 0 spiro atoms. The van der Waals surface area contributed by atoms with E-state index in [0.717, 1.165) is 31.4 Å². The molecule has 0 amide bonds. The number of rotatable bonds is 12. The zero-order valence-corrected chi connectivity index (χ0v) is 17.2. The van der Waals surface area contributed by atoms with Crippen LogP contribution in [0.3, 0.4) is 0 Å². The van der Waals surface area contributed by atoms with Crippen LogP contribution in [0.15, 0.2) is 29.3 Å². The van der Waals surface area contributed by atoms with Crippen molar-refractivity contribution in [3.63, 3.8) is 0 Å². The summed E-state index contributed by atoms with van der Waals surface area (Å²) in [6, 6.07) is 8.86. The van der Waals surface area contributed by atoms with E-state index in [9.17, 15) is 0 Å². The minimum Gasteiger partial charge on any atom is -0.379 e. The third-order valence-corrected chi connectivity index (χ3v) is 4.08. The largest absolute Gasteiger partial charge is 0.379 e. The number of nitrogens with one attached hydrogen (secondary N) is 2. The molecule has 0 aromatic heterocycles. The minimum absolute atomic E-state index is 0.411. The normalized spacial score (nSPS) is 13.1. The second-order valence-corrected chi connectivity index (χ2v) is 7.01. The smallest absolute Gasteiger partial charge is 0.191 e. The first kappa shape index (κ1) is 22.5. The van der Waals surface area contributed by atoms with Gasteiger partial charge in [0.1, 0.15) is 0 Å². The van der Waals surface area contributed by atoms with Gasteiger partial charge in [-0.15, -0.1) is 0 Å². The number of aliphatic imine (C=N–C) groups is 1. The fraction of sp³-hybridized carbons (Fsp3) is 0.667. The highest BCUT2D eigenvalue weighted by atomic mass is 16.5. The third kappa shape index (κ3) is 10.4. The first-order valence-corrected chi connectivity index (χ1v) is 9.75. The van der Waals surface area contributed by atoms with Crippen molar-refractivity contribution >= 4 is 5.96 Å². The molecule has 0 bridgehead atoms. The van der Waals surface area contributed by atoms with E-state index in [0.29, 0.717) is 25.9 Å². The fourth-order valence-corrected chi connectivity index (χ4v) is 2.55. The fourth-order valence-electron chi connectivity index (χ4n) is 2.55. The van der Waals surface area contributed by atoms with Gasteiger partial charge in [-0.05, 0) is 43.7 Å². The van der Waals surface area contributed by atoms with Crippen molar-refractivity contribution in [1.82, 2.24) is 10.6 Å². The zero-order valence-electron chi connectivity index (χ0n) is 17.2. The van der Waals surface area contributed by atoms with Gasteiger partial charge in [-0.2, -0.15) is 0 Å². The monoisotopic (exact) mass is 363 g/mol. The number of guanidine groups is 1. The minimum atomic E-state index is 0.411. The van der Waals surface area contributed by atoms with Crippen molar-refractivity contribution in [3.05, 3.63) is 35.4 Å². The molecule has 0 saturated carbocycles. The Hall–Kier alpha value is -1.59. The molecular weight excluding hydrogens is 326 g/mol. The predicted molar refractivity (Wildman–Crippen MR) is 109 cm³/mol. The van der Waals surface area contributed by atoms with E-state index in [4.69, 9.17) is 9.47 Å². The summed E-state index contributed by atoms with van der Waals surface area (Å²) in [7, 11) is 1.81. The van der Waals surface area contributed by atoms with Crippen LogP contribution in [0, 0.1) is 5.92 Å². The van der Waals surface area contributed by atoms with E-state index in [2.05, 4.69) is 60.7 Å². The Morgan fingerprint density at radius 2 is 1.81 bits per heavy atom. The molecule has 0 aliphatic rings. The summed E-state index contributed by atoms with van der Waals surface area (Å²) in [5, 5.41) is 6.85. The lowest BCUT2D eigenvalue weighted by Gasteiger charge is -2.19. The van der Waals surface area contributed by atoms with Crippen LogP contribution in [0.2, 0.25) is 0 Å². The van der Waals surface area contributed by atoms with Crippen molar-refractivity contribution in [3.8, 4) is 0 Å². The van der Waals surface area contributed by atoms with Gasteiger partial charge >= 0.3 is 0 Å². The van der Waals surface area contributed by atoms with Crippen LogP contribution in [0.1, 0.15) is 51.7 Å². The topological polar surface area (TPSA) is 54.9 Å². The second-order valence-electron chi connectivity index (χ2n) is 7.01. The van der Waals surface area contributed by atoms with Gasteiger partial charge in [0.25, 0.3) is 0 Å². The molecule has 5 heteroatoms. The summed E-state index contributed by atoms with van der Waals surface area (Å²) in [5.74, 6) is 1.58. The van der Waals surface area contributed by atoms with Crippen LogP contribution in [0.25, 0.3) is 0 Å². The highest BCUT2D eigenvalue weighted by molar-refractivity contribution is 5.79. The van der Waals surface area contributed by atoms with E-state index in [1.54, 1.807) is 0 Å². The molecule has 0 fully saturated rings. The molecule has 0 aliphatic carbocycles. The molecule has 1 aromatic rings. The highest BCUT2D eigenvalue weighted by Crippen LogP contribution is 2.08. The Kier molecular flexibility index (Phi) is 11.7. The Bertz CT molecular complexity index is 518. The summed E-state index contributed by atoms with van der Waals surface area (Å²) in [6.07, 6.45) is 2.36. The van der Waals surface area contributed by atoms with E-state index < -0.39 is 0 Å². The Labute approximate surface area is 159 Å². The van der Waals surface area contributed by atoms with Crippen molar-refractivity contribution < 1.29 is 9.47 Å². The average Bonchev–Trinajstić information content (AvgIpc) is 2.63. The third-order valence-electron chi connectivity index (χ3n) is 4.08. The van der Waals surface area contributed by atoms with Gasteiger partial charge < -0.3 is 20.1 Å². The molecule has 5 nitrogen and oxygen atoms in total. The van der Waals surface area contributed by atoms with E-state index in [-0.39, 0.29) is 0 Å². The van der Waals surface area contributed by atoms with Gasteiger partial charge in [0.15, 0.2) is 5.96 Å². The quantitative estimate of drug-likeness (QED) is 0.337. The first-order chi connectivity index (χ1) is 12.5. The van der Waals surface area contributed by atoms with Crippen LogP contribution in [-0.2, 0) is 22.6 Å². The number of nitrogens with zero attached hydrogens (tertiary/aromatic N) is 1. The van der Waals surface area contributed by atoms with Gasteiger partial charge in [0.05, 0.1) is 19.8 Å². The van der Waals surface area contributed by atoms with Gasteiger partial charge in [-0.25, -0.2) is 0 Å². The SMILES string of the molecule is CCOCCOCc1cccc(CNC(=NC)NC(C)CCC(C)C)c1. The second kappa shape index (κ2) is 13.6. The van der Waals surface area contributed by atoms with Crippen LogP contribution < -0.4 is 10.6 Å². The van der Waals surface area contributed by atoms with Gasteiger partial charge in [-0.3, -0.25) is 4.99 Å². The van der Waals surface area contributed by atoms with Crippen LogP contribution >= 0.6 is 0 Å². The summed E-state index contributed by atoms with van der Waals surface area (Å²) in [5.41, 5.74) is 2.39. The van der Waals surface area contributed by atoms with Crippen molar-refractivity contribution in [2.45, 2.75) is 59.7 Å². The molecule has 1 unspecified atom stereocenters. The summed E-state index contributed by atoms with van der Waals surface area (Å²) in [4.78, 5) is 4.33. The molecule has 2 N–H and O–H groups in total. The Balaban J connectivity index is 2.39. The lowest BCUT2D eigenvalue weighted by atomic mass is 10.0. The summed E-state index contributed by atoms with van der Waals surface area (Å²) < 4.78 is 10.9. The maximum atomic E-state index is 5.64. The molecule has 0 saturated heterocycles. The Morgan fingerprint density at radius 1 is 1.08 bits per heavy atom. The summed E-state index contributed by atoms with van der Waals surface area (Å²) in [6.45, 7) is 12.1. The molecule has 1 atom stereocenters. The lowest BCUT2D eigenvalue weighted by Crippen LogP contribution is -2.41. The average molecular weight is 364 g/mol. The molecule has 1 rings (SSSR count). The van der Waals surface area contributed by atoms with E-state index >= 15 is 0 Å². The highest BCUT2D eigenvalue weighted by Gasteiger charge is 2.06. The number of benzene rings is 1. The van der Waals surface area contributed by atoms with Gasteiger partial charge in [-0.1, -0.05) is 38.1 Å². The molecule has 0 aliphatic heterocycles. The predicted octanol–water partition coefficient (Wildman–Crippen LogP) is 3.73. The molecular formula is C21H37N3O2. The summed E-state index contributed by atoms with van der Waals surface area (Å²) >= 11 is 0. The standard InChI is InChI=1S/C21H37N3O2/c1-6-25-12-13-26-16-20-9-7-8-19(14-20)15-23-21(22-5)24-18(4)11-10-17(2)3/h7-9,14,17-18H,6,10-13,15-16H2,1-5H3,(H2,22,23,24). The number of hydrogen-bond donors (Lipinski definition) is 2. The molecule has 148 valence electrons. The van der Waals surface area contributed by atoms with Crippen LogP contribution in [-0.4, -0.2) is 38.9 Å². The van der Waals surface area contributed by atoms with Crippen molar-refractivity contribution in [2.24, 2.45) is 10.9 Å². The van der Waals surface area contributed by atoms with Crippen LogP contribution in [0.5, 0.6) is 0 Å². The van der Waals surface area contributed by atoms with Gasteiger partial charge in [0.2, 0.25) is 0 Å². The Morgan fingerprint density at radius 3 is 2.50 bits per heavy atom. The maximum Gasteiger partial charge on any atom is 0.191 e. The molecule has 26 heavy (non-hydrogen) atoms. The molecule has 0 heterocycles. The molecule has 1 aromatic carbocycles. The van der Waals surface area contributed by atoms with Gasteiger partial charge in [0, 0.05) is 26.2 Å². The van der Waals surface area contributed by atoms with E-state index in [1.807, 2.05) is 14.0 Å². The molecule has 0 radical (unpaired) electrons. The lowest BCUT2D eigenvalue weighted by molar-refractivity contribution is 0.0453. The maximum absolute atomic E-state index is 5.64. The van der Waals surface area contributed by atoms with Crippen molar-refractivity contribution in [2.75, 3.05) is 26.9 Å². The van der Waals surface area contributed by atoms with E-state index in [1.165, 1.54) is 17.5 Å². The zero-order chi connectivity index (χ0) is 19.2. The van der Waals surface area contributed by atoms with Crippen LogP contribution in [0.4, 0.5) is 0 Å². The number of hydrogen-bond acceptors (Lipinski definition) is 3. The number of ether oxygens (including phenoxy) is 2. The first-order valence-electron chi connectivity index (χ1n) is 9.75.